The first-order chi connectivity index (χ1) is 7.87. The molecule has 0 spiro atoms. The molecule has 1 rings (SSSR count). The molecular formula is C12H25NO3S. The normalized spacial score (nSPS) is 21.6. The van der Waals surface area contributed by atoms with E-state index in [1.54, 1.807) is 0 Å². The van der Waals surface area contributed by atoms with E-state index < -0.39 is 9.84 Å². The zero-order valence-corrected chi connectivity index (χ0v) is 11.7. The van der Waals surface area contributed by atoms with Crippen LogP contribution in [0.1, 0.15) is 39.0 Å². The fourth-order valence-electron chi connectivity index (χ4n) is 2.56. The lowest BCUT2D eigenvalue weighted by Crippen LogP contribution is -2.38. The van der Waals surface area contributed by atoms with Crippen molar-refractivity contribution in [1.29, 1.82) is 0 Å². The summed E-state index contributed by atoms with van der Waals surface area (Å²) in [6.45, 7) is 2.33. The van der Waals surface area contributed by atoms with Crippen molar-refractivity contribution in [3.05, 3.63) is 0 Å². The topological polar surface area (TPSA) is 66.4 Å². The molecule has 2 atom stereocenters. The van der Waals surface area contributed by atoms with E-state index in [9.17, 15) is 13.5 Å². The van der Waals surface area contributed by atoms with Crippen molar-refractivity contribution in [2.75, 3.05) is 18.6 Å². The van der Waals surface area contributed by atoms with Crippen molar-refractivity contribution in [3.63, 3.8) is 0 Å². The summed E-state index contributed by atoms with van der Waals surface area (Å²) in [6, 6.07) is -0.0942. The molecule has 1 aliphatic rings. The Bertz CT molecular complexity index is 310. The Morgan fingerprint density at radius 1 is 1.35 bits per heavy atom. The van der Waals surface area contributed by atoms with Crippen molar-refractivity contribution in [2.24, 2.45) is 5.92 Å². The molecule has 1 fully saturated rings. The zero-order valence-electron chi connectivity index (χ0n) is 10.9. The lowest BCUT2D eigenvalue weighted by molar-refractivity contribution is 0.138. The Labute approximate surface area is 105 Å². The van der Waals surface area contributed by atoms with Gasteiger partial charge in [0.1, 0.15) is 9.84 Å². The molecular weight excluding hydrogens is 238 g/mol. The van der Waals surface area contributed by atoms with Gasteiger partial charge in [0.25, 0.3) is 0 Å². The minimum absolute atomic E-state index is 0.0942. The van der Waals surface area contributed by atoms with Gasteiger partial charge in [-0.15, -0.1) is 0 Å². The van der Waals surface area contributed by atoms with Gasteiger partial charge in [-0.05, 0) is 19.3 Å². The third kappa shape index (κ3) is 7.01. The maximum absolute atomic E-state index is 11.1. The first-order valence-electron chi connectivity index (χ1n) is 6.46. The second kappa shape index (κ2) is 6.71. The number of aliphatic hydroxyl groups is 1. The van der Waals surface area contributed by atoms with Gasteiger partial charge in [0.15, 0.2) is 0 Å². The highest BCUT2D eigenvalue weighted by Crippen LogP contribution is 2.28. The first-order valence-corrected chi connectivity index (χ1v) is 8.52. The predicted molar refractivity (Wildman–Crippen MR) is 69.8 cm³/mol. The molecule has 1 saturated carbocycles. The van der Waals surface area contributed by atoms with Crippen LogP contribution in [-0.4, -0.2) is 44.2 Å². The van der Waals surface area contributed by atoms with E-state index in [-0.39, 0.29) is 17.9 Å². The van der Waals surface area contributed by atoms with Crippen LogP contribution in [0.5, 0.6) is 0 Å². The summed E-state index contributed by atoms with van der Waals surface area (Å²) in [5, 5.41) is 12.9. The third-order valence-corrected chi connectivity index (χ3v) is 4.44. The van der Waals surface area contributed by atoms with Gasteiger partial charge in [-0.25, -0.2) is 8.42 Å². The Morgan fingerprint density at radius 2 is 1.94 bits per heavy atom. The van der Waals surface area contributed by atoms with Gasteiger partial charge in [0, 0.05) is 18.8 Å². The number of rotatable bonds is 7. The molecule has 5 heteroatoms. The number of hydrogen-bond donors (Lipinski definition) is 2. The summed E-state index contributed by atoms with van der Waals surface area (Å²) in [7, 11) is -2.94. The summed E-state index contributed by atoms with van der Waals surface area (Å²) in [5.74, 6) is 0.792. The van der Waals surface area contributed by atoms with E-state index in [4.69, 9.17) is 0 Å². The van der Waals surface area contributed by atoms with Crippen LogP contribution < -0.4 is 5.32 Å². The second-order valence-corrected chi connectivity index (χ2v) is 7.63. The maximum Gasteiger partial charge on any atom is 0.148 e. The summed E-state index contributed by atoms with van der Waals surface area (Å²) in [4.78, 5) is 0. The summed E-state index contributed by atoms with van der Waals surface area (Å²) < 4.78 is 22.1. The molecule has 0 aliphatic heterocycles. The van der Waals surface area contributed by atoms with Crippen LogP contribution in [0.4, 0.5) is 0 Å². The van der Waals surface area contributed by atoms with Gasteiger partial charge in [-0.2, -0.15) is 0 Å². The molecule has 0 saturated heterocycles. The Morgan fingerprint density at radius 3 is 2.47 bits per heavy atom. The van der Waals surface area contributed by atoms with E-state index in [0.29, 0.717) is 12.5 Å². The van der Waals surface area contributed by atoms with Gasteiger partial charge in [0.05, 0.1) is 11.9 Å². The van der Waals surface area contributed by atoms with E-state index >= 15 is 0 Å². The predicted octanol–water partition coefficient (Wildman–Crippen LogP) is 0.950. The minimum Gasteiger partial charge on any atom is -0.392 e. The molecule has 2 unspecified atom stereocenters. The van der Waals surface area contributed by atoms with Crippen molar-refractivity contribution in [2.45, 2.75) is 51.2 Å². The van der Waals surface area contributed by atoms with Crippen LogP contribution >= 0.6 is 0 Å². The second-order valence-electron chi connectivity index (χ2n) is 5.44. The van der Waals surface area contributed by atoms with Gasteiger partial charge in [-0.3, -0.25) is 0 Å². The lowest BCUT2D eigenvalue weighted by Gasteiger charge is -2.18. The number of hydrogen-bond acceptors (Lipinski definition) is 4. The number of nitrogens with one attached hydrogen (secondary N) is 1. The highest BCUT2D eigenvalue weighted by atomic mass is 32.2. The molecule has 1 aliphatic carbocycles. The monoisotopic (exact) mass is 263 g/mol. The Kier molecular flexibility index (Phi) is 5.89. The van der Waals surface area contributed by atoms with Crippen LogP contribution in [0.2, 0.25) is 0 Å². The van der Waals surface area contributed by atoms with Crippen LogP contribution in [0.15, 0.2) is 0 Å². The molecule has 0 aromatic rings. The van der Waals surface area contributed by atoms with Crippen LogP contribution in [0.3, 0.4) is 0 Å². The zero-order chi connectivity index (χ0) is 12.9. The van der Waals surface area contributed by atoms with Crippen LogP contribution in [0, 0.1) is 5.92 Å². The highest BCUT2D eigenvalue weighted by molar-refractivity contribution is 7.90. The third-order valence-electron chi connectivity index (χ3n) is 3.33. The largest absolute Gasteiger partial charge is 0.392 e. The van der Waals surface area contributed by atoms with Crippen molar-refractivity contribution in [3.8, 4) is 0 Å². The molecule has 4 nitrogen and oxygen atoms in total. The fraction of sp³-hybridized carbons (Fsp3) is 1.00. The van der Waals surface area contributed by atoms with E-state index in [1.807, 2.05) is 6.92 Å². The molecule has 0 heterocycles. The highest BCUT2D eigenvalue weighted by Gasteiger charge is 2.19. The van der Waals surface area contributed by atoms with E-state index in [2.05, 4.69) is 5.32 Å². The SMILES string of the molecule is CC(CS(C)(=O)=O)NCC(O)CC1CCCC1. The van der Waals surface area contributed by atoms with Gasteiger partial charge in [0.2, 0.25) is 0 Å². The number of sulfone groups is 1. The van der Waals surface area contributed by atoms with Crippen molar-refractivity contribution >= 4 is 9.84 Å². The van der Waals surface area contributed by atoms with Crippen LogP contribution in [-0.2, 0) is 9.84 Å². The average molecular weight is 263 g/mol. The van der Waals surface area contributed by atoms with E-state index in [1.165, 1.54) is 31.9 Å². The Hall–Kier alpha value is -0.130. The summed E-state index contributed by atoms with van der Waals surface area (Å²) in [5.41, 5.74) is 0. The van der Waals surface area contributed by atoms with Crippen molar-refractivity contribution < 1.29 is 13.5 Å². The minimum atomic E-state index is -2.94. The molecule has 0 radical (unpaired) electrons. The molecule has 17 heavy (non-hydrogen) atoms. The fourth-order valence-corrected chi connectivity index (χ4v) is 3.59. The molecule has 0 aromatic heterocycles. The molecule has 0 amide bonds. The standard InChI is InChI=1S/C12H25NO3S/c1-10(9-17(2,15)16)13-8-12(14)7-11-5-3-4-6-11/h10-14H,3-9H2,1-2H3. The average Bonchev–Trinajstić information content (AvgIpc) is 2.64. The summed E-state index contributed by atoms with van der Waals surface area (Å²) >= 11 is 0. The Balaban J connectivity index is 2.16. The maximum atomic E-state index is 11.1. The lowest BCUT2D eigenvalue weighted by atomic mass is 10.00. The quantitative estimate of drug-likeness (QED) is 0.718. The van der Waals surface area contributed by atoms with Gasteiger partial charge in [-0.1, -0.05) is 25.7 Å². The molecule has 2 N–H and O–H groups in total. The number of aliphatic hydroxyl groups excluding tert-OH is 1. The first kappa shape index (κ1) is 14.9. The van der Waals surface area contributed by atoms with E-state index in [0.717, 1.165) is 6.42 Å². The molecule has 0 bridgehead atoms. The van der Waals surface area contributed by atoms with Crippen LogP contribution in [0.25, 0.3) is 0 Å². The summed E-state index contributed by atoms with van der Waals surface area (Å²) in [6.07, 6.45) is 6.77. The van der Waals surface area contributed by atoms with Crippen molar-refractivity contribution in [1.82, 2.24) is 5.32 Å². The molecule has 0 aromatic carbocycles. The smallest absolute Gasteiger partial charge is 0.148 e. The van der Waals surface area contributed by atoms with Gasteiger partial charge >= 0.3 is 0 Å². The van der Waals surface area contributed by atoms with Gasteiger partial charge < -0.3 is 10.4 Å². The molecule has 102 valence electrons.